The lowest BCUT2D eigenvalue weighted by Gasteiger charge is -2.19. The number of hydrogen-bond acceptors (Lipinski definition) is 7. The molecular weight excluding hydrogens is 364 g/mol. The molecule has 27 heavy (non-hydrogen) atoms. The predicted molar refractivity (Wildman–Crippen MR) is 91.3 cm³/mol. The molecule has 0 aliphatic rings. The molecule has 0 fully saturated rings. The zero-order valence-electron chi connectivity index (χ0n) is 23.6. The Balaban J connectivity index is 0.000000448. The van der Waals surface area contributed by atoms with Crippen molar-refractivity contribution in [3.63, 3.8) is 0 Å². The zero-order valence-corrected chi connectivity index (χ0v) is 13.6. The number of carboxylic acid groups (broad SMARTS) is 2. The molecule has 12 heteroatoms. The van der Waals surface area contributed by atoms with Gasteiger partial charge in [-0.25, -0.2) is 14.6 Å². The number of fused-ring (bicyclic) bond motifs is 1. The van der Waals surface area contributed by atoms with E-state index in [1.54, 1.807) is 0 Å². The van der Waals surface area contributed by atoms with Crippen LogP contribution < -0.4 is 11.2 Å². The summed E-state index contributed by atoms with van der Waals surface area (Å²) in [7, 11) is 0. The Morgan fingerprint density at radius 1 is 1.19 bits per heavy atom. The van der Waals surface area contributed by atoms with Gasteiger partial charge in [0.25, 0.3) is 5.56 Å². The van der Waals surface area contributed by atoms with Crippen molar-refractivity contribution in [3.05, 3.63) is 27.1 Å². The van der Waals surface area contributed by atoms with Crippen molar-refractivity contribution in [1.82, 2.24) is 18.7 Å². The molecule has 0 radical (unpaired) electrons. The SMILES string of the molecule is CC(=O)CC(O)(CC(=O)O)C(=O)O.[2H]c1nc2c(c(=O)n(C([2H])([2H])[2H])c(=O)n2C([2H])([2H])[2H])n1C([2H])([2H])[2H]. The Morgan fingerprint density at radius 3 is 2.26 bits per heavy atom. The molecule has 0 saturated heterocycles. The van der Waals surface area contributed by atoms with Crippen LogP contribution in [-0.4, -0.2) is 57.3 Å². The van der Waals surface area contributed by atoms with E-state index in [0.29, 0.717) is 0 Å². The van der Waals surface area contributed by atoms with Gasteiger partial charge >= 0.3 is 17.6 Å². The highest BCUT2D eigenvalue weighted by molar-refractivity contribution is 5.90. The Labute approximate surface area is 166 Å². The van der Waals surface area contributed by atoms with Crippen LogP contribution in [-0.2, 0) is 35.3 Å². The number of aryl methyl sites for hydroxylation is 2. The van der Waals surface area contributed by atoms with Crippen molar-refractivity contribution < 1.29 is 43.4 Å². The fourth-order valence-corrected chi connectivity index (χ4v) is 1.91. The minimum atomic E-state index is -3.36. The third kappa shape index (κ3) is 4.67. The monoisotopic (exact) mass is 394 g/mol. The summed E-state index contributed by atoms with van der Waals surface area (Å²) in [5, 5.41) is 26.0. The van der Waals surface area contributed by atoms with Crippen molar-refractivity contribution in [2.75, 3.05) is 0 Å². The lowest BCUT2D eigenvalue weighted by atomic mass is 9.94. The number of aliphatic carboxylic acids is 2. The molecule has 2 heterocycles. The third-order valence-electron chi connectivity index (χ3n) is 3.07. The molecular formula is C15H20N4O8. The first kappa shape index (κ1) is 10.8. The van der Waals surface area contributed by atoms with E-state index in [0.717, 1.165) is 6.92 Å². The van der Waals surface area contributed by atoms with Crippen LogP contribution in [0, 0.1) is 0 Å². The maximum absolute atomic E-state index is 12.4. The second-order valence-corrected chi connectivity index (χ2v) is 5.26. The normalized spacial score (nSPS) is 19.6. The molecule has 2 aromatic heterocycles. The lowest BCUT2D eigenvalue weighted by molar-refractivity contribution is -0.167. The average Bonchev–Trinajstić information content (AvgIpc) is 2.95. The summed E-state index contributed by atoms with van der Waals surface area (Å²) in [6.07, 6.45) is -2.70. The number of carbonyl (C=O) groups is 3. The molecule has 1 atom stereocenters. The molecule has 0 saturated carbocycles. The number of imidazole rings is 1. The van der Waals surface area contributed by atoms with E-state index in [1.807, 2.05) is 0 Å². The highest BCUT2D eigenvalue weighted by Gasteiger charge is 2.39. The van der Waals surface area contributed by atoms with E-state index in [2.05, 4.69) is 4.98 Å². The van der Waals surface area contributed by atoms with Crippen LogP contribution in [0.4, 0.5) is 0 Å². The summed E-state index contributed by atoms with van der Waals surface area (Å²) in [4.78, 5) is 59.1. The van der Waals surface area contributed by atoms with Crippen molar-refractivity contribution in [2.45, 2.75) is 25.4 Å². The minimum Gasteiger partial charge on any atom is -0.481 e. The van der Waals surface area contributed by atoms with Gasteiger partial charge in [0.2, 0.25) is 0 Å². The first-order chi connectivity index (χ1) is 16.4. The van der Waals surface area contributed by atoms with E-state index in [4.69, 9.17) is 23.9 Å². The van der Waals surface area contributed by atoms with Crippen molar-refractivity contribution >= 4 is 28.9 Å². The number of aromatic nitrogens is 4. The summed E-state index contributed by atoms with van der Waals surface area (Å²) in [6.45, 7) is -8.65. The topological polar surface area (TPSA) is 174 Å². The summed E-state index contributed by atoms with van der Waals surface area (Å²) in [5.74, 6) is -3.75. The number of rotatable bonds is 5. The molecule has 0 spiro atoms. The van der Waals surface area contributed by atoms with Gasteiger partial charge in [0.05, 0.1) is 12.7 Å². The maximum Gasteiger partial charge on any atom is 0.336 e. The van der Waals surface area contributed by atoms with Crippen molar-refractivity contribution in [3.8, 4) is 0 Å². The average molecular weight is 394 g/mol. The smallest absolute Gasteiger partial charge is 0.336 e. The fourth-order valence-electron chi connectivity index (χ4n) is 1.91. The molecule has 0 bridgehead atoms. The summed E-state index contributed by atoms with van der Waals surface area (Å²) in [6, 6.07) is 0. The van der Waals surface area contributed by atoms with E-state index < -0.39 is 85.8 Å². The van der Waals surface area contributed by atoms with Crippen LogP contribution in [0.5, 0.6) is 0 Å². The predicted octanol–water partition coefficient (Wildman–Crippen LogP) is -1.77. The van der Waals surface area contributed by atoms with Crippen molar-refractivity contribution in [2.24, 2.45) is 20.9 Å². The van der Waals surface area contributed by atoms with Gasteiger partial charge in [-0.3, -0.25) is 23.5 Å². The standard InChI is InChI=1S/C8H10N4O2.C7H10O6/c1-10-4-9-6-5(10)7(13)12(3)8(14)11(6)2;1-4(8)2-7(13,6(11)12)3-5(9)10/h4H,1-3H3;13H,2-3H2,1H3,(H,9,10)(H,11,12)/i1D3,2D3,3D3,4D;. The van der Waals surface area contributed by atoms with E-state index in [9.17, 15) is 29.1 Å². The molecule has 2 aromatic rings. The third-order valence-corrected chi connectivity index (χ3v) is 3.07. The van der Waals surface area contributed by atoms with Gasteiger partial charge in [0, 0.05) is 39.7 Å². The van der Waals surface area contributed by atoms with Crippen molar-refractivity contribution in [1.29, 1.82) is 0 Å². The molecule has 1 unspecified atom stereocenters. The molecule has 0 aliphatic carbocycles. The van der Waals surface area contributed by atoms with Gasteiger partial charge in [-0.05, 0) is 6.92 Å². The van der Waals surface area contributed by atoms with Gasteiger partial charge in [0.1, 0.15) is 7.15 Å². The van der Waals surface area contributed by atoms with Crippen LogP contribution in [0.3, 0.4) is 0 Å². The van der Waals surface area contributed by atoms with Crippen LogP contribution in [0.2, 0.25) is 0 Å². The van der Waals surface area contributed by atoms with Gasteiger partial charge in [-0.1, -0.05) is 0 Å². The number of nitrogens with zero attached hydrogens (tertiary/aromatic N) is 4. The van der Waals surface area contributed by atoms with Gasteiger partial charge in [-0.2, -0.15) is 0 Å². The zero-order chi connectivity index (χ0) is 29.5. The molecule has 0 amide bonds. The number of ketones is 1. The van der Waals surface area contributed by atoms with Crippen LogP contribution in [0.1, 0.15) is 33.5 Å². The quantitative estimate of drug-likeness (QED) is 0.530. The first-order valence-corrected chi connectivity index (χ1v) is 6.82. The Hall–Kier alpha value is -3.28. The second kappa shape index (κ2) is 7.95. The highest BCUT2D eigenvalue weighted by atomic mass is 16.4. The summed E-state index contributed by atoms with van der Waals surface area (Å²) in [5.41, 5.74) is -7.64. The van der Waals surface area contributed by atoms with Crippen LogP contribution in [0.15, 0.2) is 15.9 Å². The van der Waals surface area contributed by atoms with E-state index >= 15 is 0 Å². The minimum absolute atomic E-state index is 0.0869. The van der Waals surface area contributed by atoms with E-state index in [1.165, 1.54) is 0 Å². The molecule has 12 nitrogen and oxygen atoms in total. The first-order valence-electron chi connectivity index (χ1n) is 11.8. The van der Waals surface area contributed by atoms with Gasteiger partial charge in [-0.15, -0.1) is 0 Å². The van der Waals surface area contributed by atoms with Crippen LogP contribution >= 0.6 is 0 Å². The number of carboxylic acids is 2. The summed E-state index contributed by atoms with van der Waals surface area (Å²) < 4.78 is 73.0. The second-order valence-electron chi connectivity index (χ2n) is 5.26. The number of carbonyl (C=O) groups excluding carboxylic acids is 1. The molecule has 2 rings (SSSR count). The Kier molecular flexibility index (Phi) is 3.17. The molecule has 0 aliphatic heterocycles. The molecule has 148 valence electrons. The van der Waals surface area contributed by atoms with Gasteiger partial charge < -0.3 is 19.9 Å². The molecule has 3 N–H and O–H groups in total. The Bertz CT molecular complexity index is 1330. The summed E-state index contributed by atoms with van der Waals surface area (Å²) >= 11 is 0. The lowest BCUT2D eigenvalue weighted by Crippen LogP contribution is -2.42. The van der Waals surface area contributed by atoms with E-state index in [-0.39, 0.29) is 13.7 Å². The number of aliphatic hydroxyl groups is 1. The van der Waals surface area contributed by atoms with Crippen LogP contribution in [0.25, 0.3) is 11.2 Å². The largest absolute Gasteiger partial charge is 0.481 e. The van der Waals surface area contributed by atoms with Gasteiger partial charge in [0.15, 0.2) is 16.8 Å². The molecule has 0 aromatic carbocycles. The number of hydrogen-bond donors (Lipinski definition) is 3. The highest BCUT2D eigenvalue weighted by Crippen LogP contribution is 2.16. The number of Topliss-reactive ketones (excluding diaryl/α,β-unsaturated/α-hetero) is 1. The Morgan fingerprint density at radius 2 is 1.81 bits per heavy atom. The maximum atomic E-state index is 12.4. The fraction of sp³-hybridized carbons (Fsp3) is 0.467.